The minimum Gasteiger partial charge on any atom is -0.466 e. The van der Waals surface area contributed by atoms with Crippen LogP contribution in [0.15, 0.2) is 0 Å². The molecule has 0 aromatic heterocycles. The van der Waals surface area contributed by atoms with Crippen LogP contribution in [-0.2, 0) is 30.4 Å². The Morgan fingerprint density at radius 2 is 2.00 bits per heavy atom. The number of ether oxygens (including phenoxy) is 1. The fourth-order valence-electron chi connectivity index (χ4n) is 0.736. The third-order valence-electron chi connectivity index (χ3n) is 1.62. The lowest BCUT2D eigenvalue weighted by molar-refractivity contribution is -0.146. The summed E-state index contributed by atoms with van der Waals surface area (Å²) in [7, 11) is 3.04. The Kier molecular flexibility index (Phi) is 7.83. The van der Waals surface area contributed by atoms with Gasteiger partial charge in [-0.2, -0.15) is 0 Å². The van der Waals surface area contributed by atoms with Crippen LogP contribution in [0.5, 0.6) is 0 Å². The first kappa shape index (κ1) is 15.4. The normalized spacial score (nSPS) is 13.6. The molecule has 15 heavy (non-hydrogen) atoms. The molecule has 0 saturated heterocycles. The van der Waals surface area contributed by atoms with Gasteiger partial charge in [0.2, 0.25) is 5.69 Å². The molecule has 0 aliphatic carbocycles. The molecule has 0 fully saturated rings. The van der Waals surface area contributed by atoms with Gasteiger partial charge in [-0.1, -0.05) is 18.3 Å². The Hall–Kier alpha value is 0.390. The van der Waals surface area contributed by atoms with Gasteiger partial charge in [-0.25, -0.2) is 0 Å². The molecule has 0 radical (unpaired) electrons. The molecule has 0 amide bonds. The van der Waals surface area contributed by atoms with Crippen molar-refractivity contribution in [2.75, 3.05) is 26.6 Å². The van der Waals surface area contributed by atoms with Crippen LogP contribution in [0.25, 0.3) is 0 Å². The van der Waals surface area contributed by atoms with E-state index in [4.69, 9.17) is 25.6 Å². The van der Waals surface area contributed by atoms with Crippen LogP contribution in [0.4, 0.5) is 0 Å². The quantitative estimate of drug-likeness (QED) is 0.524. The van der Waals surface area contributed by atoms with Crippen molar-refractivity contribution in [2.24, 2.45) is 5.92 Å². The molecule has 0 bridgehead atoms. The average molecular weight is 272 g/mol. The Labute approximate surface area is 100.0 Å². The van der Waals surface area contributed by atoms with Gasteiger partial charge in [-0.15, -0.1) is 0 Å². The van der Waals surface area contributed by atoms with E-state index < -0.39 is 5.69 Å². The second kappa shape index (κ2) is 7.63. The number of hydrogen-bond donors (Lipinski definition) is 0. The number of carbonyl (C=O) groups excluding carboxylic acids is 1. The number of hydrogen-bond acceptors (Lipinski definition) is 6. The van der Waals surface area contributed by atoms with Crippen LogP contribution in [0, 0.1) is 5.92 Å². The van der Waals surface area contributed by atoms with E-state index in [1.807, 2.05) is 0 Å². The molecule has 0 saturated carbocycles. The minimum absolute atomic E-state index is 0.192. The average Bonchev–Trinajstić information content (AvgIpc) is 2.25. The zero-order valence-corrected chi connectivity index (χ0v) is 11.9. The molecule has 0 spiro atoms. The molecule has 0 heterocycles. The van der Waals surface area contributed by atoms with Crippen LogP contribution in [0.1, 0.15) is 13.8 Å². The summed E-state index contributed by atoms with van der Waals surface area (Å²) in [5.41, 5.74) is -2.25. The highest BCUT2D eigenvalue weighted by atomic mass is 32.9. The Balaban J connectivity index is 4.04. The number of carbonyl (C=O) groups is 1. The largest absolute Gasteiger partial charge is 0.466 e. The summed E-state index contributed by atoms with van der Waals surface area (Å²) >= 11 is 6.52. The first-order valence-electron chi connectivity index (χ1n) is 4.51. The Morgan fingerprint density at radius 3 is 2.40 bits per heavy atom. The first-order valence-corrected chi connectivity index (χ1v) is 8.74. The van der Waals surface area contributed by atoms with E-state index >= 15 is 0 Å². The molecule has 0 aromatic carbocycles. The topological polar surface area (TPSA) is 44.8 Å². The van der Waals surface area contributed by atoms with E-state index in [1.54, 1.807) is 13.8 Å². The Morgan fingerprint density at radius 1 is 1.47 bits per heavy atom. The summed E-state index contributed by atoms with van der Waals surface area (Å²) in [4.78, 5) is 11.3. The van der Waals surface area contributed by atoms with Gasteiger partial charge in [-0.3, -0.25) is 4.79 Å². The molecule has 1 unspecified atom stereocenters. The van der Waals surface area contributed by atoms with E-state index in [0.29, 0.717) is 12.4 Å². The van der Waals surface area contributed by atoms with Gasteiger partial charge in [0, 0.05) is 20.0 Å². The lowest BCUT2D eigenvalue weighted by Gasteiger charge is -2.18. The summed E-state index contributed by atoms with van der Waals surface area (Å²) in [6.45, 7) is 3.99. The maximum Gasteiger partial charge on any atom is 0.309 e. The van der Waals surface area contributed by atoms with Crippen molar-refractivity contribution in [3.63, 3.8) is 0 Å². The lowest BCUT2D eigenvalue weighted by Crippen LogP contribution is -2.16. The van der Waals surface area contributed by atoms with E-state index in [9.17, 15) is 4.79 Å². The highest BCUT2D eigenvalue weighted by molar-refractivity contribution is 8.67. The van der Waals surface area contributed by atoms with Gasteiger partial charge in [0.15, 0.2) is 0 Å². The summed E-state index contributed by atoms with van der Waals surface area (Å²) in [6.07, 6.45) is 0. The maximum absolute atomic E-state index is 11.3. The third kappa shape index (κ3) is 5.88. The van der Waals surface area contributed by atoms with Gasteiger partial charge >= 0.3 is 5.97 Å². The standard InChI is InChI=1S/C8H17O4PS2/c1-5-12-8(9)7(2)6-15-13(14,10-3)11-4/h7H,5-6H2,1-4H3. The van der Waals surface area contributed by atoms with Crippen LogP contribution >= 0.6 is 17.1 Å². The van der Waals surface area contributed by atoms with Crippen molar-refractivity contribution >= 4 is 34.9 Å². The number of rotatable bonds is 7. The molecule has 0 aromatic rings. The minimum atomic E-state index is -2.25. The van der Waals surface area contributed by atoms with Crippen LogP contribution < -0.4 is 0 Å². The van der Waals surface area contributed by atoms with E-state index in [-0.39, 0.29) is 11.9 Å². The molecule has 0 aliphatic heterocycles. The van der Waals surface area contributed by atoms with E-state index in [1.165, 1.54) is 25.6 Å². The second-order valence-corrected chi connectivity index (χ2v) is 9.33. The highest BCUT2D eigenvalue weighted by Gasteiger charge is 2.21. The third-order valence-corrected chi connectivity index (χ3v) is 7.61. The number of esters is 1. The van der Waals surface area contributed by atoms with Gasteiger partial charge in [0.25, 0.3) is 0 Å². The molecular formula is C8H17O4PS2. The highest BCUT2D eigenvalue weighted by Crippen LogP contribution is 2.60. The first-order chi connectivity index (χ1) is 6.99. The van der Waals surface area contributed by atoms with Crippen molar-refractivity contribution < 1.29 is 18.6 Å². The predicted octanol–water partition coefficient (Wildman–Crippen LogP) is 2.44. The van der Waals surface area contributed by atoms with Gasteiger partial charge in [0.05, 0.1) is 12.5 Å². The molecule has 0 N–H and O–H groups in total. The molecule has 4 nitrogen and oxygen atoms in total. The van der Waals surface area contributed by atoms with E-state index in [0.717, 1.165) is 0 Å². The van der Waals surface area contributed by atoms with Crippen molar-refractivity contribution in [1.82, 2.24) is 0 Å². The van der Waals surface area contributed by atoms with Crippen molar-refractivity contribution in [3.05, 3.63) is 0 Å². The molecular weight excluding hydrogens is 255 g/mol. The SMILES string of the molecule is CCOC(=O)C(C)CSP(=S)(OC)OC. The smallest absolute Gasteiger partial charge is 0.309 e. The van der Waals surface area contributed by atoms with Gasteiger partial charge in [-0.05, 0) is 18.7 Å². The predicted molar refractivity (Wildman–Crippen MR) is 66.6 cm³/mol. The van der Waals surface area contributed by atoms with Crippen molar-refractivity contribution in [1.29, 1.82) is 0 Å². The summed E-state index contributed by atoms with van der Waals surface area (Å²) in [6, 6.07) is 0. The van der Waals surface area contributed by atoms with Crippen LogP contribution in [0.3, 0.4) is 0 Å². The van der Waals surface area contributed by atoms with Crippen molar-refractivity contribution in [3.8, 4) is 0 Å². The van der Waals surface area contributed by atoms with E-state index in [2.05, 4.69) is 0 Å². The lowest BCUT2D eigenvalue weighted by atomic mass is 10.2. The van der Waals surface area contributed by atoms with Crippen LogP contribution in [0.2, 0.25) is 0 Å². The Bertz CT molecular complexity index is 239. The van der Waals surface area contributed by atoms with Crippen molar-refractivity contribution in [2.45, 2.75) is 13.8 Å². The summed E-state index contributed by atoms with van der Waals surface area (Å²) in [5.74, 6) is 0.152. The zero-order valence-electron chi connectivity index (χ0n) is 9.39. The fraction of sp³-hybridized carbons (Fsp3) is 0.875. The summed E-state index contributed by atoms with van der Waals surface area (Å²) in [5, 5.41) is 0. The van der Waals surface area contributed by atoms with Crippen LogP contribution in [-0.4, -0.2) is 32.5 Å². The summed E-state index contributed by atoms with van der Waals surface area (Å²) < 4.78 is 15.1. The molecule has 0 rings (SSSR count). The monoisotopic (exact) mass is 272 g/mol. The molecule has 0 aliphatic rings. The zero-order chi connectivity index (χ0) is 11.9. The van der Waals surface area contributed by atoms with Gasteiger partial charge in [0.1, 0.15) is 0 Å². The second-order valence-electron chi connectivity index (χ2n) is 2.76. The molecule has 1 atom stereocenters. The van der Waals surface area contributed by atoms with Gasteiger partial charge < -0.3 is 13.8 Å². The molecule has 7 heteroatoms. The fourth-order valence-corrected chi connectivity index (χ4v) is 4.04. The molecule has 90 valence electrons. The maximum atomic E-state index is 11.3.